The lowest BCUT2D eigenvalue weighted by atomic mass is 9.83. The van der Waals surface area contributed by atoms with Crippen LogP contribution in [0, 0.1) is 5.41 Å². The molecule has 9 rings (SSSR count). The molecular weight excluding hydrogens is 597 g/mol. The summed E-state index contributed by atoms with van der Waals surface area (Å²) in [7, 11) is 0. The Morgan fingerprint density at radius 3 is 1.82 bits per heavy atom. The number of anilines is 1. The first-order valence-electron chi connectivity index (χ1n) is 16.7. The standard InChI is InChI=1S/C45H32N4/c46-45-43(42-25-31-11-2-4-14-36(31)38-16-6-8-18-40(38)42)26-33(41-24-30-10-1-3-13-35(30)37-15-5-7-17-39(37)41)27-44(45)49-48-34-21-19-29(20-22-34)32-12-9-23-47-28-32/h1-11,13-28,32,46,48H,12H2/b46-45?,49-44-. The number of hydrogen-bond acceptors (Lipinski definition) is 4. The van der Waals surface area contributed by atoms with Gasteiger partial charge in [-0.2, -0.15) is 5.10 Å². The Hall–Kier alpha value is -6.39. The summed E-state index contributed by atoms with van der Waals surface area (Å²) in [5.41, 5.74) is 10.3. The van der Waals surface area contributed by atoms with Gasteiger partial charge in [-0.25, -0.2) is 0 Å². The van der Waals surface area contributed by atoms with E-state index in [1.165, 1.54) is 37.9 Å². The van der Waals surface area contributed by atoms with Crippen LogP contribution >= 0.6 is 0 Å². The SMILES string of the molecule is N=C1C(c2cc3ccccc3c3ccccc23)=CC(c2cc3ccccc3c3ccccc23)=C/C1=N/Nc1ccc(C2C=NC=CC2)cc1. The van der Waals surface area contributed by atoms with Gasteiger partial charge in [0.1, 0.15) is 5.71 Å². The molecule has 7 aromatic rings. The van der Waals surface area contributed by atoms with Crippen molar-refractivity contribution in [1.29, 1.82) is 5.41 Å². The predicted octanol–water partition coefficient (Wildman–Crippen LogP) is 11.3. The largest absolute Gasteiger partial charge is 0.298 e. The van der Waals surface area contributed by atoms with E-state index in [9.17, 15) is 5.41 Å². The van der Waals surface area contributed by atoms with E-state index in [2.05, 4.69) is 150 Å². The minimum absolute atomic E-state index is 0.281. The van der Waals surface area contributed by atoms with Crippen LogP contribution in [0.2, 0.25) is 0 Å². The molecule has 1 atom stereocenters. The lowest BCUT2D eigenvalue weighted by Gasteiger charge is -2.21. The number of hydrogen-bond donors (Lipinski definition) is 2. The Morgan fingerprint density at radius 2 is 1.18 bits per heavy atom. The Labute approximate surface area is 284 Å². The number of benzene rings is 7. The molecule has 1 unspecified atom stereocenters. The number of allylic oxidation sites excluding steroid dienone is 5. The van der Waals surface area contributed by atoms with Crippen molar-refractivity contribution >= 4 is 77.6 Å². The van der Waals surface area contributed by atoms with Crippen molar-refractivity contribution in [1.82, 2.24) is 0 Å². The molecule has 0 amide bonds. The molecule has 1 heterocycles. The highest BCUT2D eigenvalue weighted by Gasteiger charge is 2.23. The molecule has 0 radical (unpaired) electrons. The highest BCUT2D eigenvalue weighted by molar-refractivity contribution is 6.63. The van der Waals surface area contributed by atoms with Crippen LogP contribution < -0.4 is 5.43 Å². The molecule has 0 saturated carbocycles. The van der Waals surface area contributed by atoms with Gasteiger partial charge in [-0.15, -0.1) is 0 Å². The maximum absolute atomic E-state index is 9.60. The van der Waals surface area contributed by atoms with Crippen molar-refractivity contribution in [2.24, 2.45) is 10.1 Å². The van der Waals surface area contributed by atoms with Crippen molar-refractivity contribution in [2.45, 2.75) is 12.3 Å². The fourth-order valence-corrected chi connectivity index (χ4v) is 7.29. The monoisotopic (exact) mass is 628 g/mol. The van der Waals surface area contributed by atoms with Crippen molar-refractivity contribution in [2.75, 3.05) is 5.43 Å². The van der Waals surface area contributed by atoms with Crippen molar-refractivity contribution in [3.8, 4) is 0 Å². The number of aliphatic imine (C=N–C) groups is 1. The fourth-order valence-electron chi connectivity index (χ4n) is 7.29. The molecule has 4 nitrogen and oxygen atoms in total. The second-order valence-corrected chi connectivity index (χ2v) is 12.7. The van der Waals surface area contributed by atoms with Gasteiger partial charge in [0.05, 0.1) is 11.4 Å². The highest BCUT2D eigenvalue weighted by Crippen LogP contribution is 2.39. The van der Waals surface area contributed by atoms with E-state index in [0.29, 0.717) is 11.4 Å². The normalized spacial score (nSPS) is 16.9. The summed E-state index contributed by atoms with van der Waals surface area (Å²) in [6, 6.07) is 47.0. The molecule has 2 aliphatic rings. The summed E-state index contributed by atoms with van der Waals surface area (Å²) in [4.78, 5) is 4.32. The molecule has 0 spiro atoms. The minimum atomic E-state index is 0.281. The van der Waals surface area contributed by atoms with Gasteiger partial charge in [0, 0.05) is 23.9 Å². The van der Waals surface area contributed by atoms with Crippen molar-refractivity contribution in [3.05, 3.63) is 175 Å². The molecule has 4 heteroatoms. The van der Waals surface area contributed by atoms with Gasteiger partial charge in [0.15, 0.2) is 0 Å². The summed E-state index contributed by atoms with van der Waals surface area (Å²) >= 11 is 0. The van der Waals surface area contributed by atoms with Gasteiger partial charge >= 0.3 is 0 Å². The van der Waals surface area contributed by atoms with Gasteiger partial charge in [-0.05, 0) is 108 Å². The lowest BCUT2D eigenvalue weighted by Crippen LogP contribution is -2.19. The summed E-state index contributed by atoms with van der Waals surface area (Å²) in [6.45, 7) is 0. The molecule has 0 fully saturated rings. The van der Waals surface area contributed by atoms with Crippen LogP contribution in [0.1, 0.15) is 29.0 Å². The Balaban J connectivity index is 1.21. The Morgan fingerprint density at radius 1 is 0.612 bits per heavy atom. The van der Waals surface area contributed by atoms with Gasteiger partial charge in [0.2, 0.25) is 0 Å². The molecule has 0 saturated heterocycles. The quantitative estimate of drug-likeness (QED) is 0.111. The zero-order valence-corrected chi connectivity index (χ0v) is 26.8. The third-order valence-electron chi connectivity index (χ3n) is 9.75. The van der Waals surface area contributed by atoms with E-state index >= 15 is 0 Å². The Bertz CT molecular complexity index is 2620. The van der Waals surface area contributed by atoms with Crippen LogP contribution in [0.3, 0.4) is 0 Å². The molecule has 49 heavy (non-hydrogen) atoms. The third-order valence-corrected chi connectivity index (χ3v) is 9.75. The van der Waals surface area contributed by atoms with Crippen LogP contribution in [0.15, 0.2) is 168 Å². The molecule has 1 aliphatic heterocycles. The zero-order valence-electron chi connectivity index (χ0n) is 26.8. The summed E-state index contributed by atoms with van der Waals surface area (Å²) in [5, 5.41) is 23.9. The summed E-state index contributed by atoms with van der Waals surface area (Å²) < 4.78 is 0. The molecule has 1 aliphatic carbocycles. The van der Waals surface area contributed by atoms with Crippen molar-refractivity contribution in [3.63, 3.8) is 0 Å². The minimum Gasteiger partial charge on any atom is -0.298 e. The highest BCUT2D eigenvalue weighted by atomic mass is 15.3. The summed E-state index contributed by atoms with van der Waals surface area (Å²) in [5.74, 6) is 0.281. The molecule has 7 aromatic carbocycles. The first-order chi connectivity index (χ1) is 24.2. The Kier molecular flexibility index (Phi) is 7.06. The maximum atomic E-state index is 9.60. The number of fused-ring (bicyclic) bond motifs is 6. The fraction of sp³-hybridized carbons (Fsp3) is 0.0444. The van der Waals surface area contributed by atoms with Gasteiger partial charge in [-0.3, -0.25) is 15.8 Å². The van der Waals surface area contributed by atoms with E-state index in [1.807, 2.05) is 24.5 Å². The van der Waals surface area contributed by atoms with Gasteiger partial charge in [-0.1, -0.05) is 115 Å². The number of hydrazone groups is 1. The van der Waals surface area contributed by atoms with Crippen molar-refractivity contribution < 1.29 is 0 Å². The van der Waals surface area contributed by atoms with E-state index in [4.69, 9.17) is 5.10 Å². The van der Waals surface area contributed by atoms with E-state index in [1.54, 1.807) is 0 Å². The number of rotatable bonds is 5. The molecule has 0 bridgehead atoms. The molecule has 0 aromatic heterocycles. The average molecular weight is 629 g/mol. The molecular formula is C45H32N4. The number of nitrogens with zero attached hydrogens (tertiary/aromatic N) is 2. The molecule has 2 N–H and O–H groups in total. The summed E-state index contributed by atoms with van der Waals surface area (Å²) in [6.07, 6.45) is 11.1. The van der Waals surface area contributed by atoms with E-state index in [-0.39, 0.29) is 5.92 Å². The third kappa shape index (κ3) is 5.15. The van der Waals surface area contributed by atoms with Crippen LogP contribution in [0.25, 0.3) is 54.2 Å². The van der Waals surface area contributed by atoms with Gasteiger partial charge < -0.3 is 0 Å². The maximum Gasteiger partial charge on any atom is 0.109 e. The van der Waals surface area contributed by atoms with Crippen LogP contribution in [-0.2, 0) is 0 Å². The lowest BCUT2D eigenvalue weighted by molar-refractivity contribution is 0.909. The molecule has 232 valence electrons. The van der Waals surface area contributed by atoms with Crippen LogP contribution in [0.4, 0.5) is 5.69 Å². The first kappa shape index (κ1) is 28.8. The zero-order chi connectivity index (χ0) is 32.7. The smallest absolute Gasteiger partial charge is 0.109 e. The predicted molar refractivity (Wildman–Crippen MR) is 209 cm³/mol. The second kappa shape index (κ2) is 12.0. The number of nitrogens with one attached hydrogen (secondary N) is 2. The van der Waals surface area contributed by atoms with Crippen LogP contribution in [0.5, 0.6) is 0 Å². The first-order valence-corrected chi connectivity index (χ1v) is 16.7. The second-order valence-electron chi connectivity index (χ2n) is 12.7. The average Bonchev–Trinajstić information content (AvgIpc) is 3.17. The van der Waals surface area contributed by atoms with E-state index in [0.717, 1.165) is 45.2 Å². The van der Waals surface area contributed by atoms with Gasteiger partial charge in [0.25, 0.3) is 0 Å². The van der Waals surface area contributed by atoms with E-state index < -0.39 is 0 Å². The van der Waals surface area contributed by atoms with Crippen LogP contribution in [-0.4, -0.2) is 17.6 Å². The topological polar surface area (TPSA) is 60.6 Å².